The summed E-state index contributed by atoms with van der Waals surface area (Å²) in [6, 6.07) is 2.81. The number of fused-ring (bicyclic) bond motifs is 1. The number of carbonyl (C=O) groups is 1. The molecule has 0 amide bonds. The smallest absolute Gasteiger partial charge is 0.335 e. The Hall–Kier alpha value is -2.04. The first-order valence-electron chi connectivity index (χ1n) is 3.98. The van der Waals surface area contributed by atoms with E-state index in [0.29, 0.717) is 22.4 Å². The molecule has 0 atom stereocenters. The molecule has 5 heteroatoms. The second-order valence-corrected chi connectivity index (χ2v) is 3.01. The summed E-state index contributed by atoms with van der Waals surface area (Å²) in [5.74, 6) is -1.03. The molecule has 2 rings (SSSR count). The van der Waals surface area contributed by atoms with E-state index in [4.69, 9.17) is 15.4 Å². The molecular weight excluding hydrogens is 184 g/mol. The van der Waals surface area contributed by atoms with Gasteiger partial charge in [0, 0.05) is 5.69 Å². The van der Waals surface area contributed by atoms with Crippen molar-refractivity contribution in [2.45, 2.75) is 6.92 Å². The average Bonchev–Trinajstić information content (AvgIpc) is 2.48. The molecule has 1 aromatic heterocycles. The van der Waals surface area contributed by atoms with Crippen molar-refractivity contribution in [3.05, 3.63) is 23.4 Å². The van der Waals surface area contributed by atoms with E-state index in [-0.39, 0.29) is 5.56 Å². The molecule has 72 valence electrons. The lowest BCUT2D eigenvalue weighted by molar-refractivity contribution is 0.0697. The molecule has 0 saturated heterocycles. The number of aromatic carboxylic acids is 1. The number of anilines is 1. The quantitative estimate of drug-likeness (QED) is 0.667. The van der Waals surface area contributed by atoms with Crippen molar-refractivity contribution >= 4 is 22.6 Å². The van der Waals surface area contributed by atoms with Gasteiger partial charge in [0.25, 0.3) is 0 Å². The van der Waals surface area contributed by atoms with E-state index in [2.05, 4.69) is 5.16 Å². The van der Waals surface area contributed by atoms with Crippen molar-refractivity contribution < 1.29 is 14.4 Å². The van der Waals surface area contributed by atoms with E-state index in [1.165, 1.54) is 12.1 Å². The SMILES string of the molecule is Cc1noc2cc(C(=O)O)cc(N)c12. The Morgan fingerprint density at radius 2 is 2.29 bits per heavy atom. The van der Waals surface area contributed by atoms with E-state index in [1.807, 2.05) is 0 Å². The van der Waals surface area contributed by atoms with Gasteiger partial charge in [-0.25, -0.2) is 4.79 Å². The minimum absolute atomic E-state index is 0.103. The summed E-state index contributed by atoms with van der Waals surface area (Å²) in [5.41, 5.74) is 7.22. The summed E-state index contributed by atoms with van der Waals surface area (Å²) in [6.07, 6.45) is 0. The van der Waals surface area contributed by atoms with Crippen molar-refractivity contribution in [3.8, 4) is 0 Å². The number of carboxylic acids is 1. The molecule has 0 saturated carbocycles. The van der Waals surface area contributed by atoms with Gasteiger partial charge >= 0.3 is 5.97 Å². The van der Waals surface area contributed by atoms with Crippen LogP contribution in [-0.4, -0.2) is 16.2 Å². The first-order valence-corrected chi connectivity index (χ1v) is 3.98. The van der Waals surface area contributed by atoms with Crippen LogP contribution in [0.15, 0.2) is 16.7 Å². The normalized spacial score (nSPS) is 10.6. The third-order valence-electron chi connectivity index (χ3n) is 2.02. The lowest BCUT2D eigenvalue weighted by Gasteiger charge is -1.98. The summed E-state index contributed by atoms with van der Waals surface area (Å²) in [4.78, 5) is 10.7. The number of nitrogens with two attached hydrogens (primary N) is 1. The van der Waals surface area contributed by atoms with Gasteiger partial charge in [0.05, 0.1) is 16.6 Å². The maximum atomic E-state index is 10.7. The van der Waals surface area contributed by atoms with Crippen LogP contribution in [0.5, 0.6) is 0 Å². The molecule has 0 aliphatic rings. The van der Waals surface area contributed by atoms with E-state index in [9.17, 15) is 4.79 Å². The summed E-state index contributed by atoms with van der Waals surface area (Å²) in [7, 11) is 0. The van der Waals surface area contributed by atoms with Crippen molar-refractivity contribution in [1.82, 2.24) is 5.16 Å². The Bertz CT molecular complexity index is 516. The highest BCUT2D eigenvalue weighted by molar-refractivity contribution is 5.99. The van der Waals surface area contributed by atoms with E-state index < -0.39 is 5.97 Å². The average molecular weight is 192 g/mol. The Morgan fingerprint density at radius 1 is 1.57 bits per heavy atom. The molecule has 0 bridgehead atoms. The summed E-state index contributed by atoms with van der Waals surface area (Å²) in [5, 5.41) is 13.1. The number of aromatic nitrogens is 1. The second kappa shape index (κ2) is 2.73. The van der Waals surface area contributed by atoms with E-state index in [1.54, 1.807) is 6.92 Å². The van der Waals surface area contributed by atoms with Crippen LogP contribution < -0.4 is 5.73 Å². The molecule has 2 aromatic rings. The van der Waals surface area contributed by atoms with Crippen LogP contribution in [0.1, 0.15) is 16.1 Å². The summed E-state index contributed by atoms with van der Waals surface area (Å²) >= 11 is 0. The van der Waals surface area contributed by atoms with Gasteiger partial charge in [-0.2, -0.15) is 0 Å². The van der Waals surface area contributed by atoms with Gasteiger partial charge in [-0.05, 0) is 19.1 Å². The molecule has 0 radical (unpaired) electrons. The Labute approximate surface area is 79.1 Å². The molecule has 14 heavy (non-hydrogen) atoms. The lowest BCUT2D eigenvalue weighted by atomic mass is 10.1. The molecular formula is C9H8N2O3. The number of rotatable bonds is 1. The van der Waals surface area contributed by atoms with Crippen molar-refractivity contribution in [2.24, 2.45) is 0 Å². The van der Waals surface area contributed by atoms with Gasteiger partial charge in [0.2, 0.25) is 0 Å². The Morgan fingerprint density at radius 3 is 2.93 bits per heavy atom. The van der Waals surface area contributed by atoms with Gasteiger partial charge in [-0.1, -0.05) is 5.16 Å². The monoisotopic (exact) mass is 192 g/mol. The molecule has 0 unspecified atom stereocenters. The van der Waals surface area contributed by atoms with Crippen molar-refractivity contribution in [1.29, 1.82) is 0 Å². The van der Waals surface area contributed by atoms with Gasteiger partial charge in [0.1, 0.15) is 0 Å². The highest BCUT2D eigenvalue weighted by Gasteiger charge is 2.12. The zero-order valence-corrected chi connectivity index (χ0v) is 7.44. The van der Waals surface area contributed by atoms with Crippen LogP contribution >= 0.6 is 0 Å². The third kappa shape index (κ3) is 1.10. The fraction of sp³-hybridized carbons (Fsp3) is 0.111. The topological polar surface area (TPSA) is 89.3 Å². The molecule has 0 aliphatic heterocycles. The van der Waals surface area contributed by atoms with Gasteiger partial charge < -0.3 is 15.4 Å². The number of hydrogen-bond donors (Lipinski definition) is 2. The fourth-order valence-corrected chi connectivity index (χ4v) is 1.38. The fourth-order valence-electron chi connectivity index (χ4n) is 1.38. The van der Waals surface area contributed by atoms with E-state index >= 15 is 0 Å². The minimum Gasteiger partial charge on any atom is -0.478 e. The summed E-state index contributed by atoms with van der Waals surface area (Å²) < 4.78 is 4.93. The highest BCUT2D eigenvalue weighted by atomic mass is 16.5. The van der Waals surface area contributed by atoms with Crippen molar-refractivity contribution in [2.75, 3.05) is 5.73 Å². The zero-order chi connectivity index (χ0) is 10.3. The van der Waals surface area contributed by atoms with Crippen molar-refractivity contribution in [3.63, 3.8) is 0 Å². The van der Waals surface area contributed by atoms with Crippen LogP contribution in [-0.2, 0) is 0 Å². The number of carboxylic acid groups (broad SMARTS) is 1. The van der Waals surface area contributed by atoms with Gasteiger partial charge in [-0.15, -0.1) is 0 Å². The minimum atomic E-state index is -1.03. The maximum absolute atomic E-state index is 10.7. The molecule has 1 heterocycles. The lowest BCUT2D eigenvalue weighted by Crippen LogP contribution is -1.98. The first-order chi connectivity index (χ1) is 6.59. The Balaban J connectivity index is 2.80. The molecule has 1 aromatic carbocycles. The predicted octanol–water partition coefficient (Wildman–Crippen LogP) is 1.42. The van der Waals surface area contributed by atoms with Crippen LogP contribution in [0, 0.1) is 6.92 Å². The largest absolute Gasteiger partial charge is 0.478 e. The van der Waals surface area contributed by atoms with E-state index in [0.717, 1.165) is 0 Å². The molecule has 0 fully saturated rings. The number of benzene rings is 1. The third-order valence-corrected chi connectivity index (χ3v) is 2.02. The standard InChI is InChI=1S/C9H8N2O3/c1-4-8-6(10)2-5(9(12)13)3-7(8)14-11-4/h2-3H,10H2,1H3,(H,12,13). The first kappa shape index (κ1) is 8.55. The highest BCUT2D eigenvalue weighted by Crippen LogP contribution is 2.25. The molecule has 5 nitrogen and oxygen atoms in total. The molecule has 3 N–H and O–H groups in total. The number of nitrogens with zero attached hydrogens (tertiary/aromatic N) is 1. The van der Waals surface area contributed by atoms with Gasteiger partial charge in [0.15, 0.2) is 5.58 Å². The van der Waals surface area contributed by atoms with Gasteiger partial charge in [-0.3, -0.25) is 0 Å². The van der Waals surface area contributed by atoms with Crippen LogP contribution in [0.2, 0.25) is 0 Å². The number of hydrogen-bond acceptors (Lipinski definition) is 4. The second-order valence-electron chi connectivity index (χ2n) is 3.01. The van der Waals surface area contributed by atoms with Crippen LogP contribution in [0.3, 0.4) is 0 Å². The predicted molar refractivity (Wildman–Crippen MR) is 50.1 cm³/mol. The molecule has 0 spiro atoms. The van der Waals surface area contributed by atoms with Crippen LogP contribution in [0.25, 0.3) is 11.0 Å². The molecule has 0 aliphatic carbocycles. The Kier molecular flexibility index (Phi) is 1.67. The number of nitrogen functional groups attached to an aromatic ring is 1. The summed E-state index contributed by atoms with van der Waals surface area (Å²) in [6.45, 7) is 1.75. The van der Waals surface area contributed by atoms with Crippen LogP contribution in [0.4, 0.5) is 5.69 Å². The maximum Gasteiger partial charge on any atom is 0.335 e. The zero-order valence-electron chi connectivity index (χ0n) is 7.44. The number of aryl methyl sites for hydroxylation is 1.